The number of rotatable bonds is 5. The topological polar surface area (TPSA) is 96.3 Å². The summed E-state index contributed by atoms with van der Waals surface area (Å²) in [6, 6.07) is 10.1. The Morgan fingerprint density at radius 1 is 1.10 bits per heavy atom. The number of anilines is 2. The third-order valence-electron chi connectivity index (χ3n) is 4.73. The lowest BCUT2D eigenvalue weighted by atomic mass is 10.2. The summed E-state index contributed by atoms with van der Waals surface area (Å²) in [4.78, 5) is 19.3. The van der Waals surface area contributed by atoms with Gasteiger partial charge in [-0.25, -0.2) is 4.98 Å². The van der Waals surface area contributed by atoms with Gasteiger partial charge in [0.2, 0.25) is 11.9 Å². The molecule has 1 aliphatic heterocycles. The summed E-state index contributed by atoms with van der Waals surface area (Å²) < 4.78 is 7.95. The molecule has 3 aromatic heterocycles. The summed E-state index contributed by atoms with van der Waals surface area (Å²) in [6.07, 6.45) is 3.56. The second kappa shape index (κ2) is 7.80. The molecule has 10 heteroatoms. The Morgan fingerprint density at radius 3 is 2.76 bits per heavy atom. The SMILES string of the molecule is Brc1cnn2c(NCc3ncc(-c4ccccc4)[nH]3)nc(N3CCOCC3)nc12. The van der Waals surface area contributed by atoms with E-state index in [0.717, 1.165) is 34.6 Å². The quantitative estimate of drug-likeness (QED) is 0.478. The van der Waals surface area contributed by atoms with Crippen LogP contribution in [0.2, 0.25) is 0 Å². The molecule has 29 heavy (non-hydrogen) atoms. The Balaban J connectivity index is 1.40. The van der Waals surface area contributed by atoms with E-state index >= 15 is 0 Å². The minimum absolute atomic E-state index is 0.485. The Hall–Kier alpha value is -2.98. The van der Waals surface area contributed by atoms with E-state index < -0.39 is 0 Å². The molecule has 0 spiro atoms. The number of H-pyrrole nitrogens is 1. The molecule has 1 fully saturated rings. The second-order valence-electron chi connectivity index (χ2n) is 6.64. The van der Waals surface area contributed by atoms with Crippen molar-refractivity contribution in [1.82, 2.24) is 29.5 Å². The number of halogens is 1. The third-order valence-corrected chi connectivity index (χ3v) is 5.29. The molecule has 5 rings (SSSR count). The standard InChI is InChI=1S/C19H19BrN8O/c20-14-10-23-28-17(14)25-19(27-6-8-29-9-7-27)26-18(28)22-12-16-21-11-15(24-16)13-4-2-1-3-5-13/h1-5,10-11H,6-9,12H2,(H,21,24)(H,22,25,26). The van der Waals surface area contributed by atoms with Crippen molar-refractivity contribution >= 4 is 33.5 Å². The van der Waals surface area contributed by atoms with E-state index in [4.69, 9.17) is 9.72 Å². The summed E-state index contributed by atoms with van der Waals surface area (Å²) in [5.74, 6) is 2.09. The average Bonchev–Trinajstić information content (AvgIpc) is 3.40. The number of nitrogens with zero attached hydrogens (tertiary/aromatic N) is 6. The highest BCUT2D eigenvalue weighted by Crippen LogP contribution is 2.22. The van der Waals surface area contributed by atoms with E-state index in [1.54, 1.807) is 10.7 Å². The molecule has 0 bridgehead atoms. The number of aromatic amines is 1. The largest absolute Gasteiger partial charge is 0.378 e. The molecule has 0 saturated carbocycles. The van der Waals surface area contributed by atoms with Gasteiger partial charge in [-0.05, 0) is 21.5 Å². The van der Waals surface area contributed by atoms with Crippen molar-refractivity contribution in [3.63, 3.8) is 0 Å². The van der Waals surface area contributed by atoms with E-state index in [9.17, 15) is 0 Å². The highest BCUT2D eigenvalue weighted by Gasteiger charge is 2.18. The van der Waals surface area contributed by atoms with E-state index in [1.807, 2.05) is 24.4 Å². The van der Waals surface area contributed by atoms with Gasteiger partial charge in [-0.15, -0.1) is 0 Å². The number of ether oxygens (including phenoxy) is 1. The van der Waals surface area contributed by atoms with Gasteiger partial charge in [-0.1, -0.05) is 30.3 Å². The van der Waals surface area contributed by atoms with Crippen LogP contribution in [-0.2, 0) is 11.3 Å². The maximum absolute atomic E-state index is 5.44. The van der Waals surface area contributed by atoms with Gasteiger partial charge in [-0.2, -0.15) is 19.6 Å². The van der Waals surface area contributed by atoms with E-state index in [1.165, 1.54) is 0 Å². The molecule has 0 atom stereocenters. The van der Waals surface area contributed by atoms with Crippen LogP contribution >= 0.6 is 15.9 Å². The van der Waals surface area contributed by atoms with E-state index in [0.29, 0.717) is 37.3 Å². The van der Waals surface area contributed by atoms with Crippen molar-refractivity contribution in [1.29, 1.82) is 0 Å². The van der Waals surface area contributed by atoms with Crippen molar-refractivity contribution in [3.05, 3.63) is 53.0 Å². The third kappa shape index (κ3) is 3.68. The van der Waals surface area contributed by atoms with Crippen molar-refractivity contribution in [3.8, 4) is 11.3 Å². The monoisotopic (exact) mass is 454 g/mol. The fourth-order valence-corrected chi connectivity index (χ4v) is 3.59. The van der Waals surface area contributed by atoms with Crippen LogP contribution in [0.4, 0.5) is 11.9 Å². The van der Waals surface area contributed by atoms with Crippen LogP contribution in [0.15, 0.2) is 47.2 Å². The van der Waals surface area contributed by atoms with Crippen LogP contribution < -0.4 is 10.2 Å². The van der Waals surface area contributed by atoms with Crippen molar-refractivity contribution < 1.29 is 4.74 Å². The Morgan fingerprint density at radius 2 is 1.93 bits per heavy atom. The number of fused-ring (bicyclic) bond motifs is 1. The molecule has 148 valence electrons. The fourth-order valence-electron chi connectivity index (χ4n) is 3.24. The van der Waals surface area contributed by atoms with Crippen LogP contribution in [0.5, 0.6) is 0 Å². The van der Waals surface area contributed by atoms with Gasteiger partial charge in [0.05, 0.1) is 42.3 Å². The molecule has 0 unspecified atom stereocenters. The molecular weight excluding hydrogens is 436 g/mol. The molecule has 1 saturated heterocycles. The van der Waals surface area contributed by atoms with Gasteiger partial charge >= 0.3 is 0 Å². The highest BCUT2D eigenvalue weighted by atomic mass is 79.9. The lowest BCUT2D eigenvalue weighted by Crippen LogP contribution is -2.37. The molecule has 0 aliphatic carbocycles. The molecule has 1 aromatic carbocycles. The predicted molar refractivity (Wildman–Crippen MR) is 113 cm³/mol. The Kier molecular flexibility index (Phi) is 4.86. The van der Waals surface area contributed by atoms with Gasteiger partial charge in [0, 0.05) is 13.1 Å². The zero-order chi connectivity index (χ0) is 19.6. The Labute approximate surface area is 175 Å². The van der Waals surface area contributed by atoms with Gasteiger partial charge in [0.25, 0.3) is 0 Å². The van der Waals surface area contributed by atoms with Crippen LogP contribution in [-0.4, -0.2) is 55.9 Å². The number of nitrogens with one attached hydrogen (secondary N) is 2. The Bertz CT molecular complexity index is 1120. The molecule has 2 N–H and O–H groups in total. The maximum Gasteiger partial charge on any atom is 0.230 e. The summed E-state index contributed by atoms with van der Waals surface area (Å²) in [6.45, 7) is 3.36. The molecule has 4 aromatic rings. The molecular formula is C19H19BrN8O. The number of benzene rings is 1. The number of imidazole rings is 1. The molecule has 0 radical (unpaired) electrons. The summed E-state index contributed by atoms with van der Waals surface area (Å²) in [5, 5.41) is 7.72. The first-order chi connectivity index (χ1) is 14.3. The minimum Gasteiger partial charge on any atom is -0.378 e. The molecule has 0 amide bonds. The molecule has 4 heterocycles. The van der Waals surface area contributed by atoms with Gasteiger partial charge in [0.1, 0.15) is 5.82 Å². The molecule has 1 aliphatic rings. The number of morpholine rings is 1. The van der Waals surface area contributed by atoms with Crippen molar-refractivity contribution in [2.45, 2.75) is 6.54 Å². The van der Waals surface area contributed by atoms with Gasteiger partial charge in [-0.3, -0.25) is 0 Å². The number of hydrogen-bond acceptors (Lipinski definition) is 7. The molecule has 9 nitrogen and oxygen atoms in total. The zero-order valence-corrected chi connectivity index (χ0v) is 17.1. The predicted octanol–water partition coefficient (Wildman–Crippen LogP) is 2.73. The lowest BCUT2D eigenvalue weighted by Gasteiger charge is -2.27. The van der Waals surface area contributed by atoms with Crippen molar-refractivity contribution in [2.75, 3.05) is 36.5 Å². The summed E-state index contributed by atoms with van der Waals surface area (Å²) >= 11 is 3.52. The van der Waals surface area contributed by atoms with E-state index in [2.05, 4.69) is 58.3 Å². The number of hydrogen-bond donors (Lipinski definition) is 2. The van der Waals surface area contributed by atoms with Gasteiger partial charge < -0.3 is 19.9 Å². The van der Waals surface area contributed by atoms with Gasteiger partial charge in [0.15, 0.2) is 5.65 Å². The maximum atomic E-state index is 5.44. The van der Waals surface area contributed by atoms with Crippen molar-refractivity contribution in [2.24, 2.45) is 0 Å². The number of aromatic nitrogens is 6. The summed E-state index contributed by atoms with van der Waals surface area (Å²) in [7, 11) is 0. The highest BCUT2D eigenvalue weighted by molar-refractivity contribution is 9.10. The van der Waals surface area contributed by atoms with E-state index in [-0.39, 0.29) is 0 Å². The first kappa shape index (κ1) is 18.1. The van der Waals surface area contributed by atoms with Crippen LogP contribution in [0.1, 0.15) is 5.82 Å². The second-order valence-corrected chi connectivity index (χ2v) is 7.49. The first-order valence-corrected chi connectivity index (χ1v) is 10.1. The first-order valence-electron chi connectivity index (χ1n) is 9.35. The van der Waals surface area contributed by atoms with Crippen LogP contribution in [0.3, 0.4) is 0 Å². The average molecular weight is 455 g/mol. The lowest BCUT2D eigenvalue weighted by molar-refractivity contribution is 0.122. The summed E-state index contributed by atoms with van der Waals surface area (Å²) in [5.41, 5.74) is 2.79. The van der Waals surface area contributed by atoms with Crippen LogP contribution in [0.25, 0.3) is 16.9 Å². The zero-order valence-electron chi connectivity index (χ0n) is 15.5. The fraction of sp³-hybridized carbons (Fsp3) is 0.263. The van der Waals surface area contributed by atoms with Crippen LogP contribution in [0, 0.1) is 0 Å². The smallest absolute Gasteiger partial charge is 0.230 e. The minimum atomic E-state index is 0.485. The normalized spacial score (nSPS) is 14.4.